The number of amides is 1. The van der Waals surface area contributed by atoms with Gasteiger partial charge in [0.25, 0.3) is 5.91 Å². The minimum absolute atomic E-state index is 0.419. The number of nitrogens with one attached hydrogen (secondary N) is 1. The number of hydroxylamine groups is 1. The van der Waals surface area contributed by atoms with E-state index in [1.165, 1.54) is 32.1 Å². The molecule has 1 amide bonds. The van der Waals surface area contributed by atoms with Crippen LogP contribution in [-0.4, -0.2) is 35.7 Å². The smallest absolute Gasteiger partial charge is 0.274 e. The monoisotopic (exact) mass is 304 g/mol. The van der Waals surface area contributed by atoms with Crippen molar-refractivity contribution in [3.63, 3.8) is 0 Å². The Bertz CT molecular complexity index is 527. The first-order valence-corrected chi connectivity index (χ1v) is 8.19. The lowest BCUT2D eigenvalue weighted by atomic mass is 9.89. The molecule has 1 aliphatic heterocycles. The predicted octanol–water partition coefficient (Wildman–Crippen LogP) is 2.58. The van der Waals surface area contributed by atoms with Gasteiger partial charge in [0.15, 0.2) is 0 Å². The SMILES string of the molecule is O=C(NO)c1ccc2c(c1)OCCN(CC1CCCCC1)C2. The summed E-state index contributed by atoms with van der Waals surface area (Å²) in [6, 6.07) is 5.38. The van der Waals surface area contributed by atoms with E-state index < -0.39 is 5.91 Å². The van der Waals surface area contributed by atoms with Crippen LogP contribution in [0.5, 0.6) is 5.75 Å². The third-order valence-corrected chi connectivity index (χ3v) is 4.73. The number of carbonyl (C=O) groups is 1. The minimum Gasteiger partial charge on any atom is -0.492 e. The zero-order chi connectivity index (χ0) is 15.4. The fourth-order valence-electron chi connectivity index (χ4n) is 3.52. The van der Waals surface area contributed by atoms with Crippen molar-refractivity contribution in [3.8, 4) is 5.75 Å². The summed E-state index contributed by atoms with van der Waals surface area (Å²) in [4.78, 5) is 14.0. The first kappa shape index (κ1) is 15.3. The Balaban J connectivity index is 1.68. The lowest BCUT2D eigenvalue weighted by molar-refractivity contribution is 0.0706. The second-order valence-corrected chi connectivity index (χ2v) is 6.35. The van der Waals surface area contributed by atoms with Crippen LogP contribution in [0, 0.1) is 5.92 Å². The molecule has 5 nitrogen and oxygen atoms in total. The van der Waals surface area contributed by atoms with E-state index in [9.17, 15) is 4.79 Å². The lowest BCUT2D eigenvalue weighted by Gasteiger charge is -2.28. The molecule has 22 heavy (non-hydrogen) atoms. The van der Waals surface area contributed by atoms with Gasteiger partial charge < -0.3 is 4.74 Å². The second kappa shape index (κ2) is 7.11. The highest BCUT2D eigenvalue weighted by molar-refractivity contribution is 5.93. The molecule has 0 radical (unpaired) electrons. The number of fused-ring (bicyclic) bond motifs is 1. The molecule has 120 valence electrons. The van der Waals surface area contributed by atoms with Crippen LogP contribution in [0.3, 0.4) is 0 Å². The van der Waals surface area contributed by atoms with Crippen molar-refractivity contribution >= 4 is 5.91 Å². The molecule has 5 heteroatoms. The average Bonchev–Trinajstić information content (AvgIpc) is 2.76. The summed E-state index contributed by atoms with van der Waals surface area (Å²) in [6.07, 6.45) is 6.81. The van der Waals surface area contributed by atoms with Gasteiger partial charge in [-0.1, -0.05) is 25.3 Å². The van der Waals surface area contributed by atoms with Crippen molar-refractivity contribution < 1.29 is 14.7 Å². The van der Waals surface area contributed by atoms with Gasteiger partial charge in [-0.2, -0.15) is 0 Å². The summed E-state index contributed by atoms with van der Waals surface area (Å²) in [5.41, 5.74) is 3.19. The number of hydrogen-bond donors (Lipinski definition) is 2. The molecule has 0 spiro atoms. The van der Waals surface area contributed by atoms with Gasteiger partial charge in [0.05, 0.1) is 0 Å². The van der Waals surface area contributed by atoms with Crippen LogP contribution in [0.4, 0.5) is 0 Å². The Labute approximate surface area is 131 Å². The van der Waals surface area contributed by atoms with Crippen molar-refractivity contribution in [2.45, 2.75) is 38.6 Å². The summed E-state index contributed by atoms with van der Waals surface area (Å²) in [7, 11) is 0. The van der Waals surface area contributed by atoms with Crippen molar-refractivity contribution in [3.05, 3.63) is 29.3 Å². The van der Waals surface area contributed by atoms with Crippen LogP contribution in [0.25, 0.3) is 0 Å². The first-order chi connectivity index (χ1) is 10.8. The summed E-state index contributed by atoms with van der Waals surface area (Å²) >= 11 is 0. The van der Waals surface area contributed by atoms with Crippen molar-refractivity contribution in [2.24, 2.45) is 5.92 Å². The molecule has 0 bridgehead atoms. The van der Waals surface area contributed by atoms with Crippen molar-refractivity contribution in [1.29, 1.82) is 0 Å². The number of nitrogens with zero attached hydrogens (tertiary/aromatic N) is 1. The van der Waals surface area contributed by atoms with E-state index in [1.807, 2.05) is 6.07 Å². The van der Waals surface area contributed by atoms with Gasteiger partial charge in [0, 0.05) is 30.8 Å². The number of rotatable bonds is 3. The number of ether oxygens (including phenoxy) is 1. The fraction of sp³-hybridized carbons (Fsp3) is 0.588. The molecule has 2 N–H and O–H groups in total. The summed E-state index contributed by atoms with van der Waals surface area (Å²) in [5, 5.41) is 8.72. The molecule has 1 saturated carbocycles. The molecule has 2 aliphatic rings. The van der Waals surface area contributed by atoms with Gasteiger partial charge in [-0.05, 0) is 30.9 Å². The fourth-order valence-corrected chi connectivity index (χ4v) is 3.52. The first-order valence-electron chi connectivity index (χ1n) is 8.19. The van der Waals surface area contributed by atoms with Crippen LogP contribution in [0.15, 0.2) is 18.2 Å². The van der Waals surface area contributed by atoms with Gasteiger partial charge in [0.1, 0.15) is 12.4 Å². The molecule has 1 aliphatic carbocycles. The molecule has 1 aromatic rings. The molecule has 0 saturated heterocycles. The Morgan fingerprint density at radius 1 is 1.32 bits per heavy atom. The van der Waals surface area contributed by atoms with Gasteiger partial charge in [-0.15, -0.1) is 0 Å². The van der Waals surface area contributed by atoms with Crippen LogP contribution in [-0.2, 0) is 6.54 Å². The van der Waals surface area contributed by atoms with Gasteiger partial charge in [-0.25, -0.2) is 5.48 Å². The zero-order valence-electron chi connectivity index (χ0n) is 12.9. The highest BCUT2D eigenvalue weighted by Gasteiger charge is 2.21. The molecule has 3 rings (SSSR count). The van der Waals surface area contributed by atoms with E-state index in [-0.39, 0.29) is 0 Å². The van der Waals surface area contributed by atoms with Crippen LogP contribution < -0.4 is 10.2 Å². The normalized spacial score (nSPS) is 19.9. The van der Waals surface area contributed by atoms with Crippen molar-refractivity contribution in [1.82, 2.24) is 10.4 Å². The van der Waals surface area contributed by atoms with E-state index >= 15 is 0 Å². The average molecular weight is 304 g/mol. The molecule has 1 fully saturated rings. The maximum absolute atomic E-state index is 11.5. The molecule has 0 aromatic heterocycles. The molecule has 1 heterocycles. The van der Waals surface area contributed by atoms with E-state index in [0.717, 1.165) is 36.9 Å². The maximum Gasteiger partial charge on any atom is 0.274 e. The Hall–Kier alpha value is -1.59. The third-order valence-electron chi connectivity index (χ3n) is 4.73. The number of hydrogen-bond acceptors (Lipinski definition) is 4. The molecule has 0 unspecified atom stereocenters. The topological polar surface area (TPSA) is 61.8 Å². The third kappa shape index (κ3) is 3.59. The Kier molecular flexibility index (Phi) is 4.95. The minimum atomic E-state index is -0.505. The Morgan fingerprint density at radius 3 is 2.91 bits per heavy atom. The van der Waals surface area contributed by atoms with Gasteiger partial charge in [-0.3, -0.25) is 14.9 Å². The molecular formula is C17H24N2O3. The largest absolute Gasteiger partial charge is 0.492 e. The van der Waals surface area contributed by atoms with E-state index in [0.29, 0.717) is 12.2 Å². The lowest BCUT2D eigenvalue weighted by Crippen LogP contribution is -2.32. The van der Waals surface area contributed by atoms with Crippen LogP contribution in [0.1, 0.15) is 48.0 Å². The molecular weight excluding hydrogens is 280 g/mol. The molecule has 1 aromatic carbocycles. The maximum atomic E-state index is 11.5. The predicted molar refractivity (Wildman–Crippen MR) is 83.0 cm³/mol. The molecule has 0 atom stereocenters. The highest BCUT2D eigenvalue weighted by Crippen LogP contribution is 2.28. The summed E-state index contributed by atoms with van der Waals surface area (Å²) in [6.45, 7) is 3.57. The zero-order valence-corrected chi connectivity index (χ0v) is 12.9. The number of carbonyl (C=O) groups excluding carboxylic acids is 1. The van der Waals surface area contributed by atoms with E-state index in [2.05, 4.69) is 4.90 Å². The van der Waals surface area contributed by atoms with E-state index in [1.54, 1.807) is 17.6 Å². The standard InChI is InChI=1S/C17H24N2O3/c20-17(18-21)14-6-7-15-12-19(8-9-22-16(15)10-14)11-13-4-2-1-3-5-13/h6-7,10,13,21H,1-5,8-9,11-12H2,(H,18,20). The van der Waals surface area contributed by atoms with Crippen molar-refractivity contribution in [2.75, 3.05) is 19.7 Å². The Morgan fingerprint density at radius 2 is 2.14 bits per heavy atom. The van der Waals surface area contributed by atoms with Gasteiger partial charge in [0.2, 0.25) is 0 Å². The van der Waals surface area contributed by atoms with Crippen LogP contribution >= 0.6 is 0 Å². The number of benzene rings is 1. The van der Waals surface area contributed by atoms with E-state index in [4.69, 9.17) is 9.94 Å². The highest BCUT2D eigenvalue weighted by atomic mass is 16.5. The second-order valence-electron chi connectivity index (χ2n) is 6.35. The summed E-state index contributed by atoms with van der Waals surface area (Å²) in [5.74, 6) is 1.07. The van der Waals surface area contributed by atoms with Gasteiger partial charge >= 0.3 is 0 Å². The van der Waals surface area contributed by atoms with Crippen LogP contribution in [0.2, 0.25) is 0 Å². The summed E-state index contributed by atoms with van der Waals surface area (Å²) < 4.78 is 5.80. The quantitative estimate of drug-likeness (QED) is 0.665.